The van der Waals surface area contributed by atoms with Crippen LogP contribution in [0.5, 0.6) is 0 Å². The molecule has 0 saturated heterocycles. The molecule has 0 spiro atoms. The van der Waals surface area contributed by atoms with E-state index in [1.165, 1.54) is 10.3 Å². The number of thiazole rings is 1. The summed E-state index contributed by atoms with van der Waals surface area (Å²) in [5.41, 5.74) is 3.41. The molecule has 0 atom stereocenters. The van der Waals surface area contributed by atoms with Gasteiger partial charge in [-0.1, -0.05) is 38.1 Å². The summed E-state index contributed by atoms with van der Waals surface area (Å²) < 4.78 is 1.23. The van der Waals surface area contributed by atoms with Crippen LogP contribution in [0.4, 0.5) is 5.69 Å². The fourth-order valence-electron chi connectivity index (χ4n) is 2.44. The molecular weight excluding hydrogens is 334 g/mol. The molecule has 0 aliphatic heterocycles. The lowest BCUT2D eigenvalue weighted by atomic mass is 10.0. The number of para-hydroxylation sites is 1. The summed E-state index contributed by atoms with van der Waals surface area (Å²) in [6.07, 6.45) is 0.869. The summed E-state index contributed by atoms with van der Waals surface area (Å²) in [6, 6.07) is 16.6. The molecule has 3 rings (SSSR count). The normalized spacial score (nSPS) is 11.0. The molecule has 3 nitrogen and oxygen atoms in total. The standard InChI is InChI=1S/C19H21N3S2/c1-13(2)14-7-9-15(10-8-14)21-19(23)20-12-11-18-22-16-5-3-4-6-17(16)24-18/h3-10,13H,11-12H2,1-2H3,(H2,20,21,23). The van der Waals surface area contributed by atoms with Crippen molar-refractivity contribution < 1.29 is 0 Å². The molecule has 0 radical (unpaired) electrons. The molecule has 124 valence electrons. The fourth-order valence-corrected chi connectivity index (χ4v) is 3.62. The highest BCUT2D eigenvalue weighted by atomic mass is 32.1. The monoisotopic (exact) mass is 355 g/mol. The van der Waals surface area contributed by atoms with Crippen molar-refractivity contribution >= 4 is 44.6 Å². The third-order valence-corrected chi connectivity index (χ3v) is 5.14. The summed E-state index contributed by atoms with van der Waals surface area (Å²) >= 11 is 7.10. The number of anilines is 1. The van der Waals surface area contributed by atoms with Crippen LogP contribution in [0.1, 0.15) is 30.3 Å². The number of hydrogen-bond acceptors (Lipinski definition) is 3. The molecule has 0 saturated carbocycles. The average molecular weight is 356 g/mol. The van der Waals surface area contributed by atoms with Crippen molar-refractivity contribution in [2.24, 2.45) is 0 Å². The average Bonchev–Trinajstić information content (AvgIpc) is 2.98. The van der Waals surface area contributed by atoms with Crippen molar-refractivity contribution in [2.75, 3.05) is 11.9 Å². The minimum absolute atomic E-state index is 0.540. The van der Waals surface area contributed by atoms with Gasteiger partial charge in [0.1, 0.15) is 0 Å². The molecule has 0 amide bonds. The van der Waals surface area contributed by atoms with Crippen molar-refractivity contribution in [1.29, 1.82) is 0 Å². The number of rotatable bonds is 5. The van der Waals surface area contributed by atoms with Crippen molar-refractivity contribution in [1.82, 2.24) is 10.3 Å². The summed E-state index contributed by atoms with van der Waals surface area (Å²) in [5.74, 6) is 0.540. The molecule has 2 N–H and O–H groups in total. The smallest absolute Gasteiger partial charge is 0.170 e. The number of benzene rings is 2. The molecular formula is C19H21N3S2. The Hall–Kier alpha value is -1.98. The lowest BCUT2D eigenvalue weighted by Gasteiger charge is -2.11. The third kappa shape index (κ3) is 4.30. The Morgan fingerprint density at radius 1 is 1.12 bits per heavy atom. The van der Waals surface area contributed by atoms with Crippen LogP contribution >= 0.6 is 23.6 Å². The van der Waals surface area contributed by atoms with Crippen LogP contribution < -0.4 is 10.6 Å². The van der Waals surface area contributed by atoms with Gasteiger partial charge in [-0.25, -0.2) is 4.98 Å². The molecule has 2 aromatic carbocycles. The van der Waals surface area contributed by atoms with E-state index >= 15 is 0 Å². The number of fused-ring (bicyclic) bond motifs is 1. The zero-order valence-corrected chi connectivity index (χ0v) is 15.5. The first kappa shape index (κ1) is 16.9. The van der Waals surface area contributed by atoms with Gasteiger partial charge in [-0.3, -0.25) is 0 Å². The summed E-state index contributed by atoms with van der Waals surface area (Å²) in [5, 5.41) is 8.25. The van der Waals surface area contributed by atoms with E-state index in [1.807, 2.05) is 12.1 Å². The van der Waals surface area contributed by atoms with E-state index in [9.17, 15) is 0 Å². The Balaban J connectivity index is 1.48. The minimum atomic E-state index is 0.540. The second kappa shape index (κ2) is 7.73. The Labute approximate surface area is 152 Å². The number of nitrogens with zero attached hydrogens (tertiary/aromatic N) is 1. The van der Waals surface area contributed by atoms with Gasteiger partial charge < -0.3 is 10.6 Å². The topological polar surface area (TPSA) is 37.0 Å². The van der Waals surface area contributed by atoms with E-state index in [2.05, 4.69) is 65.9 Å². The molecule has 0 unspecified atom stereocenters. The van der Waals surface area contributed by atoms with Gasteiger partial charge in [-0.05, 0) is 48.0 Å². The fraction of sp³-hybridized carbons (Fsp3) is 0.263. The number of thiocarbonyl (C=S) groups is 1. The van der Waals surface area contributed by atoms with E-state index in [4.69, 9.17) is 12.2 Å². The SMILES string of the molecule is CC(C)c1ccc(NC(=S)NCCc2nc3ccccc3s2)cc1. The van der Waals surface area contributed by atoms with Crippen molar-refractivity contribution in [3.63, 3.8) is 0 Å². The first-order chi connectivity index (χ1) is 11.6. The highest BCUT2D eigenvalue weighted by Crippen LogP contribution is 2.21. The largest absolute Gasteiger partial charge is 0.362 e. The molecule has 24 heavy (non-hydrogen) atoms. The molecule has 0 aliphatic rings. The van der Waals surface area contributed by atoms with Crippen LogP contribution in [0.2, 0.25) is 0 Å². The lowest BCUT2D eigenvalue weighted by molar-refractivity contribution is 0.865. The van der Waals surface area contributed by atoms with Gasteiger partial charge in [0, 0.05) is 18.7 Å². The van der Waals surface area contributed by atoms with Gasteiger partial charge in [0.2, 0.25) is 0 Å². The van der Waals surface area contributed by atoms with Gasteiger partial charge in [0.05, 0.1) is 15.2 Å². The predicted octanol–water partition coefficient (Wildman–Crippen LogP) is 4.95. The molecule has 1 aromatic heterocycles. The Kier molecular flexibility index (Phi) is 5.43. The maximum absolute atomic E-state index is 5.36. The highest BCUT2D eigenvalue weighted by molar-refractivity contribution is 7.80. The van der Waals surface area contributed by atoms with Crippen LogP contribution in [-0.2, 0) is 6.42 Å². The van der Waals surface area contributed by atoms with Gasteiger partial charge in [0.25, 0.3) is 0 Å². The molecule has 1 heterocycles. The number of nitrogens with one attached hydrogen (secondary N) is 2. The molecule has 0 aliphatic carbocycles. The van der Waals surface area contributed by atoms with Gasteiger partial charge >= 0.3 is 0 Å². The van der Waals surface area contributed by atoms with E-state index in [0.717, 1.165) is 29.2 Å². The maximum Gasteiger partial charge on any atom is 0.170 e. The summed E-state index contributed by atoms with van der Waals surface area (Å²) in [7, 11) is 0. The first-order valence-corrected chi connectivity index (χ1v) is 9.33. The molecule has 0 fully saturated rings. The van der Waals surface area contributed by atoms with Crippen molar-refractivity contribution in [3.05, 3.63) is 59.1 Å². The van der Waals surface area contributed by atoms with E-state index in [1.54, 1.807) is 11.3 Å². The zero-order chi connectivity index (χ0) is 16.9. The van der Waals surface area contributed by atoms with Gasteiger partial charge in [-0.2, -0.15) is 0 Å². The van der Waals surface area contributed by atoms with E-state index in [-0.39, 0.29) is 0 Å². The summed E-state index contributed by atoms with van der Waals surface area (Å²) in [4.78, 5) is 4.63. The summed E-state index contributed by atoms with van der Waals surface area (Å²) in [6.45, 7) is 5.16. The predicted molar refractivity (Wildman–Crippen MR) is 108 cm³/mol. The Morgan fingerprint density at radius 2 is 1.88 bits per heavy atom. The van der Waals surface area contributed by atoms with E-state index < -0.39 is 0 Å². The Morgan fingerprint density at radius 3 is 2.58 bits per heavy atom. The molecule has 0 bridgehead atoms. The zero-order valence-electron chi connectivity index (χ0n) is 13.9. The van der Waals surface area contributed by atoms with E-state index in [0.29, 0.717) is 11.0 Å². The minimum Gasteiger partial charge on any atom is -0.362 e. The highest BCUT2D eigenvalue weighted by Gasteiger charge is 2.04. The molecule has 5 heteroatoms. The van der Waals surface area contributed by atoms with Crippen LogP contribution in [-0.4, -0.2) is 16.6 Å². The van der Waals surface area contributed by atoms with Crippen molar-refractivity contribution in [2.45, 2.75) is 26.2 Å². The van der Waals surface area contributed by atoms with Crippen LogP contribution in [0.25, 0.3) is 10.2 Å². The quantitative estimate of drug-likeness (QED) is 0.635. The molecule has 3 aromatic rings. The number of aromatic nitrogens is 1. The third-order valence-electron chi connectivity index (χ3n) is 3.80. The second-order valence-corrected chi connectivity index (χ2v) is 7.51. The van der Waals surface area contributed by atoms with Crippen LogP contribution in [0, 0.1) is 0 Å². The first-order valence-electron chi connectivity index (χ1n) is 8.11. The van der Waals surface area contributed by atoms with Crippen molar-refractivity contribution in [3.8, 4) is 0 Å². The van der Waals surface area contributed by atoms with Crippen LogP contribution in [0.3, 0.4) is 0 Å². The number of hydrogen-bond donors (Lipinski definition) is 2. The lowest BCUT2D eigenvalue weighted by Crippen LogP contribution is -2.30. The van der Waals surface area contributed by atoms with Gasteiger partial charge in [-0.15, -0.1) is 11.3 Å². The Bertz CT molecular complexity index is 789. The second-order valence-electron chi connectivity index (χ2n) is 5.98. The van der Waals surface area contributed by atoms with Crippen LogP contribution in [0.15, 0.2) is 48.5 Å². The maximum atomic E-state index is 5.36. The van der Waals surface area contributed by atoms with Gasteiger partial charge in [0.15, 0.2) is 5.11 Å².